The molecule has 3 heterocycles. The lowest BCUT2D eigenvalue weighted by atomic mass is 10.1. The van der Waals surface area contributed by atoms with Gasteiger partial charge in [0, 0.05) is 18.3 Å². The van der Waals surface area contributed by atoms with Crippen LogP contribution in [0.1, 0.15) is 30.7 Å². The van der Waals surface area contributed by atoms with Gasteiger partial charge in [0.15, 0.2) is 5.79 Å². The van der Waals surface area contributed by atoms with Crippen LogP contribution in [-0.4, -0.2) is 40.5 Å². The van der Waals surface area contributed by atoms with Crippen molar-refractivity contribution in [3.05, 3.63) is 35.8 Å². The molecule has 7 heteroatoms. The number of hydrogen-bond donors (Lipinski definition) is 2. The molecule has 2 N–H and O–H groups in total. The number of nitrogens with one attached hydrogen (secondary N) is 2. The largest absolute Gasteiger partial charge is 0.346 e. The molecule has 4 rings (SSSR count). The van der Waals surface area contributed by atoms with Crippen molar-refractivity contribution in [2.75, 3.05) is 13.2 Å². The van der Waals surface area contributed by atoms with Crippen LogP contribution in [0, 0.1) is 6.92 Å². The van der Waals surface area contributed by atoms with E-state index in [0.717, 1.165) is 36.3 Å². The molecule has 24 heavy (non-hydrogen) atoms. The molecule has 1 saturated heterocycles. The van der Waals surface area contributed by atoms with Crippen LogP contribution in [0.3, 0.4) is 0 Å². The summed E-state index contributed by atoms with van der Waals surface area (Å²) >= 11 is 0. The van der Waals surface area contributed by atoms with Crippen LogP contribution in [0.5, 0.6) is 0 Å². The van der Waals surface area contributed by atoms with E-state index in [1.165, 1.54) is 0 Å². The molecule has 0 radical (unpaired) electrons. The second kappa shape index (κ2) is 6.07. The zero-order chi connectivity index (χ0) is 16.6. The third-order valence-corrected chi connectivity index (χ3v) is 4.81. The van der Waals surface area contributed by atoms with Gasteiger partial charge in [-0.05, 0) is 31.9 Å². The first kappa shape index (κ1) is 15.4. The maximum absolute atomic E-state index is 12.2. The molecule has 128 valence electrons. The van der Waals surface area contributed by atoms with Crippen molar-refractivity contribution >= 4 is 11.7 Å². The topological polar surface area (TPSA) is 76.9 Å². The van der Waals surface area contributed by atoms with Crippen molar-refractivity contribution < 1.29 is 14.3 Å². The Hall–Kier alpha value is -2.12. The molecule has 1 atom stereocenters. The molecular formula is C17H22N4O3. The maximum Gasteiger partial charge on any atom is 0.315 e. The van der Waals surface area contributed by atoms with E-state index in [1.807, 2.05) is 35.7 Å². The van der Waals surface area contributed by atoms with Crippen molar-refractivity contribution in [1.82, 2.24) is 20.0 Å². The highest BCUT2D eigenvalue weighted by Gasteiger charge is 2.48. The Bertz CT molecular complexity index is 746. The minimum atomic E-state index is -0.614. The fourth-order valence-corrected chi connectivity index (χ4v) is 3.61. The Morgan fingerprint density at radius 3 is 3.04 bits per heavy atom. The molecule has 2 aromatic heterocycles. The SMILES string of the molecule is Cc1cccc2nc(CNC(=O)NC3CCCC34OCCO4)cn12. The average molecular weight is 330 g/mol. The van der Waals surface area contributed by atoms with Gasteiger partial charge in [0.25, 0.3) is 0 Å². The van der Waals surface area contributed by atoms with E-state index in [9.17, 15) is 4.79 Å². The van der Waals surface area contributed by atoms with Crippen molar-refractivity contribution in [1.29, 1.82) is 0 Å². The van der Waals surface area contributed by atoms with E-state index in [-0.39, 0.29) is 12.1 Å². The number of rotatable bonds is 3. The summed E-state index contributed by atoms with van der Waals surface area (Å²) in [6.45, 7) is 3.61. The summed E-state index contributed by atoms with van der Waals surface area (Å²) in [6, 6.07) is 5.65. The number of hydrogen-bond acceptors (Lipinski definition) is 4. The standard InChI is InChI=1S/C17H22N4O3/c1-12-4-2-6-15-19-13(11-21(12)15)10-18-16(22)20-14-5-3-7-17(14)23-8-9-24-17/h2,4,6,11,14H,3,5,7-10H2,1H3,(H2,18,20,22). The Kier molecular flexibility index (Phi) is 3.90. The first-order valence-corrected chi connectivity index (χ1v) is 8.42. The van der Waals surface area contributed by atoms with Crippen LogP contribution in [0.25, 0.3) is 5.65 Å². The number of fused-ring (bicyclic) bond motifs is 1. The molecule has 1 aliphatic carbocycles. The molecular weight excluding hydrogens is 308 g/mol. The molecule has 2 amide bonds. The summed E-state index contributed by atoms with van der Waals surface area (Å²) in [5.74, 6) is -0.614. The molecule has 1 aliphatic heterocycles. The molecule has 1 saturated carbocycles. The summed E-state index contributed by atoms with van der Waals surface area (Å²) in [4.78, 5) is 16.7. The first-order valence-electron chi connectivity index (χ1n) is 8.42. The number of imidazole rings is 1. The van der Waals surface area contributed by atoms with Crippen molar-refractivity contribution in [3.8, 4) is 0 Å². The van der Waals surface area contributed by atoms with E-state index in [1.54, 1.807) is 0 Å². The van der Waals surface area contributed by atoms with Crippen LogP contribution in [-0.2, 0) is 16.0 Å². The summed E-state index contributed by atoms with van der Waals surface area (Å²) in [5, 5.41) is 5.87. The molecule has 0 aromatic carbocycles. The highest BCUT2D eigenvalue weighted by Crippen LogP contribution is 2.37. The average Bonchev–Trinajstić information content (AvgIpc) is 3.28. The van der Waals surface area contributed by atoms with Gasteiger partial charge in [-0.15, -0.1) is 0 Å². The van der Waals surface area contributed by atoms with Crippen LogP contribution in [0.2, 0.25) is 0 Å². The molecule has 2 aliphatic rings. The van der Waals surface area contributed by atoms with Gasteiger partial charge in [0.1, 0.15) is 5.65 Å². The van der Waals surface area contributed by atoms with Crippen LogP contribution >= 0.6 is 0 Å². The van der Waals surface area contributed by atoms with E-state index in [0.29, 0.717) is 19.8 Å². The van der Waals surface area contributed by atoms with Gasteiger partial charge in [0.2, 0.25) is 0 Å². The van der Waals surface area contributed by atoms with Gasteiger partial charge < -0.3 is 24.5 Å². The quantitative estimate of drug-likeness (QED) is 0.899. The smallest absolute Gasteiger partial charge is 0.315 e. The fraction of sp³-hybridized carbons (Fsp3) is 0.529. The predicted molar refractivity (Wildman–Crippen MR) is 87.6 cm³/mol. The number of ether oxygens (including phenoxy) is 2. The number of pyridine rings is 1. The second-order valence-electron chi connectivity index (χ2n) is 6.41. The van der Waals surface area contributed by atoms with Crippen molar-refractivity contribution in [3.63, 3.8) is 0 Å². The maximum atomic E-state index is 12.2. The second-order valence-corrected chi connectivity index (χ2v) is 6.41. The van der Waals surface area contributed by atoms with Gasteiger partial charge in [-0.2, -0.15) is 0 Å². The lowest BCUT2D eigenvalue weighted by Gasteiger charge is -2.29. The molecule has 1 unspecified atom stereocenters. The predicted octanol–water partition coefficient (Wildman–Crippen LogP) is 1.74. The van der Waals surface area contributed by atoms with Gasteiger partial charge in [-0.25, -0.2) is 9.78 Å². The van der Waals surface area contributed by atoms with Gasteiger partial charge >= 0.3 is 6.03 Å². The Morgan fingerprint density at radius 1 is 1.42 bits per heavy atom. The van der Waals surface area contributed by atoms with Gasteiger partial charge in [0.05, 0.1) is 31.5 Å². The van der Waals surface area contributed by atoms with Crippen LogP contribution in [0.15, 0.2) is 24.4 Å². The molecule has 2 fully saturated rings. The normalized spacial score (nSPS) is 22.3. The number of aryl methyl sites for hydroxylation is 1. The summed E-state index contributed by atoms with van der Waals surface area (Å²) in [5.41, 5.74) is 2.82. The van der Waals surface area contributed by atoms with Gasteiger partial charge in [-0.1, -0.05) is 6.07 Å². The Balaban J connectivity index is 1.37. The molecule has 1 spiro atoms. The van der Waals surface area contributed by atoms with E-state index >= 15 is 0 Å². The highest BCUT2D eigenvalue weighted by atomic mass is 16.7. The monoisotopic (exact) mass is 330 g/mol. The molecule has 0 bridgehead atoms. The summed E-state index contributed by atoms with van der Waals surface area (Å²) in [6.07, 6.45) is 4.66. The van der Waals surface area contributed by atoms with Gasteiger partial charge in [-0.3, -0.25) is 0 Å². The number of carbonyl (C=O) groups is 1. The van der Waals surface area contributed by atoms with Crippen LogP contribution in [0.4, 0.5) is 4.79 Å². The van der Waals surface area contributed by atoms with E-state index in [2.05, 4.69) is 15.6 Å². The zero-order valence-electron chi connectivity index (χ0n) is 13.7. The van der Waals surface area contributed by atoms with E-state index in [4.69, 9.17) is 9.47 Å². The fourth-order valence-electron chi connectivity index (χ4n) is 3.61. The summed E-state index contributed by atoms with van der Waals surface area (Å²) < 4.78 is 13.5. The third kappa shape index (κ3) is 2.74. The lowest BCUT2D eigenvalue weighted by molar-refractivity contribution is -0.164. The third-order valence-electron chi connectivity index (χ3n) is 4.81. The number of urea groups is 1. The minimum absolute atomic E-state index is 0.0942. The minimum Gasteiger partial charge on any atom is -0.346 e. The molecule has 7 nitrogen and oxygen atoms in total. The number of carbonyl (C=O) groups excluding carboxylic acids is 1. The molecule has 2 aromatic rings. The van der Waals surface area contributed by atoms with Crippen LogP contribution < -0.4 is 10.6 Å². The zero-order valence-corrected chi connectivity index (χ0v) is 13.7. The lowest BCUT2D eigenvalue weighted by Crippen LogP contribution is -2.52. The highest BCUT2D eigenvalue weighted by molar-refractivity contribution is 5.74. The van der Waals surface area contributed by atoms with Crippen molar-refractivity contribution in [2.24, 2.45) is 0 Å². The first-order chi connectivity index (χ1) is 11.7. The summed E-state index contributed by atoms with van der Waals surface area (Å²) in [7, 11) is 0. The number of nitrogens with zero attached hydrogens (tertiary/aromatic N) is 2. The van der Waals surface area contributed by atoms with E-state index < -0.39 is 5.79 Å². The number of amides is 2. The Morgan fingerprint density at radius 2 is 2.25 bits per heavy atom. The Labute approximate surface area is 140 Å². The van der Waals surface area contributed by atoms with Crippen molar-refractivity contribution in [2.45, 2.75) is 44.6 Å². The number of aromatic nitrogens is 2.